The Balaban J connectivity index is 2.20. The lowest BCUT2D eigenvalue weighted by molar-refractivity contribution is -0.116. The first-order chi connectivity index (χ1) is 8.97. The van der Waals surface area contributed by atoms with Gasteiger partial charge in [-0.2, -0.15) is 0 Å². The summed E-state index contributed by atoms with van der Waals surface area (Å²) in [4.78, 5) is 12.0. The standard InChI is InChI=1S/C14H14FNO2S/c1-8-5-11(17)13(12(18)6-8)14(19)16-10-4-2-3-9(15)7-10/h2-4,7-8,17H,5-6H2,1H3,(H,16,19). The molecule has 0 aromatic heterocycles. The molecule has 2 N–H and O–H groups in total. The Bertz CT molecular complexity index is 568. The first kappa shape index (κ1) is 13.7. The molecule has 0 bridgehead atoms. The summed E-state index contributed by atoms with van der Waals surface area (Å²) in [6.45, 7) is 1.90. The van der Waals surface area contributed by atoms with Crippen LogP contribution in [0.25, 0.3) is 0 Å². The van der Waals surface area contributed by atoms with E-state index in [9.17, 15) is 14.3 Å². The number of anilines is 1. The van der Waals surface area contributed by atoms with Gasteiger partial charge in [0, 0.05) is 18.5 Å². The summed E-state index contributed by atoms with van der Waals surface area (Å²) < 4.78 is 13.1. The summed E-state index contributed by atoms with van der Waals surface area (Å²) in [5, 5.41) is 12.7. The number of aliphatic hydroxyl groups is 1. The van der Waals surface area contributed by atoms with Crippen LogP contribution in [-0.4, -0.2) is 15.9 Å². The predicted molar refractivity (Wildman–Crippen MR) is 75.7 cm³/mol. The molecular formula is C14H14FNO2S. The normalized spacial score (nSPS) is 19.5. The van der Waals surface area contributed by atoms with Crippen LogP contribution in [0, 0.1) is 11.7 Å². The molecule has 1 aliphatic rings. The Hall–Kier alpha value is -1.75. The topological polar surface area (TPSA) is 49.3 Å². The number of hydrogen-bond acceptors (Lipinski definition) is 3. The van der Waals surface area contributed by atoms with Crippen molar-refractivity contribution in [2.75, 3.05) is 5.32 Å². The number of Topliss-reactive ketones (excluding diaryl/α,β-unsaturated/α-hetero) is 1. The fourth-order valence-corrected chi connectivity index (χ4v) is 2.45. The Kier molecular flexibility index (Phi) is 3.95. The van der Waals surface area contributed by atoms with E-state index in [4.69, 9.17) is 12.2 Å². The van der Waals surface area contributed by atoms with Gasteiger partial charge < -0.3 is 10.4 Å². The second kappa shape index (κ2) is 5.48. The van der Waals surface area contributed by atoms with Gasteiger partial charge in [0.2, 0.25) is 0 Å². The number of thiocarbonyl (C=S) groups is 1. The van der Waals surface area contributed by atoms with Crippen molar-refractivity contribution in [3.05, 3.63) is 41.4 Å². The maximum atomic E-state index is 13.1. The summed E-state index contributed by atoms with van der Waals surface area (Å²) in [5.74, 6) is -0.439. The van der Waals surface area contributed by atoms with Gasteiger partial charge in [0.05, 0.1) is 5.57 Å². The number of allylic oxidation sites excluding steroid dienone is 1. The Morgan fingerprint density at radius 3 is 2.84 bits per heavy atom. The lowest BCUT2D eigenvalue weighted by Gasteiger charge is -2.21. The average Bonchev–Trinajstić information content (AvgIpc) is 2.27. The Labute approximate surface area is 116 Å². The van der Waals surface area contributed by atoms with Gasteiger partial charge in [-0.15, -0.1) is 0 Å². The zero-order valence-corrected chi connectivity index (χ0v) is 11.3. The van der Waals surface area contributed by atoms with Gasteiger partial charge in [0.25, 0.3) is 0 Å². The molecule has 1 aromatic rings. The van der Waals surface area contributed by atoms with Crippen LogP contribution in [0.15, 0.2) is 35.6 Å². The van der Waals surface area contributed by atoms with Crippen LogP contribution in [0.2, 0.25) is 0 Å². The number of hydrogen-bond donors (Lipinski definition) is 2. The third-order valence-corrected chi connectivity index (χ3v) is 3.26. The molecule has 1 atom stereocenters. The minimum atomic E-state index is -0.394. The highest BCUT2D eigenvalue weighted by atomic mass is 32.1. The highest BCUT2D eigenvalue weighted by Crippen LogP contribution is 2.26. The van der Waals surface area contributed by atoms with Crippen LogP contribution >= 0.6 is 12.2 Å². The molecule has 0 fully saturated rings. The van der Waals surface area contributed by atoms with Crippen molar-refractivity contribution < 1.29 is 14.3 Å². The average molecular weight is 279 g/mol. The third-order valence-electron chi connectivity index (χ3n) is 2.95. The first-order valence-corrected chi connectivity index (χ1v) is 6.40. The van der Waals surface area contributed by atoms with Crippen LogP contribution in [0.1, 0.15) is 19.8 Å². The summed E-state index contributed by atoms with van der Waals surface area (Å²) in [6.07, 6.45) is 0.802. The number of aliphatic hydroxyl groups excluding tert-OH is 1. The van der Waals surface area contributed by atoms with Gasteiger partial charge in [-0.1, -0.05) is 25.2 Å². The van der Waals surface area contributed by atoms with E-state index in [0.717, 1.165) is 0 Å². The minimum Gasteiger partial charge on any atom is -0.511 e. The van der Waals surface area contributed by atoms with Crippen molar-refractivity contribution in [3.8, 4) is 0 Å². The van der Waals surface area contributed by atoms with Crippen LogP contribution in [0.4, 0.5) is 10.1 Å². The Morgan fingerprint density at radius 2 is 2.21 bits per heavy atom. The van der Waals surface area contributed by atoms with E-state index in [1.807, 2.05) is 6.92 Å². The fourth-order valence-electron chi connectivity index (χ4n) is 2.10. The number of carbonyl (C=O) groups excluding carboxylic acids is 1. The van der Waals surface area contributed by atoms with Gasteiger partial charge in [0.1, 0.15) is 16.6 Å². The number of halogens is 1. The maximum absolute atomic E-state index is 13.1. The second-order valence-electron chi connectivity index (χ2n) is 4.72. The van der Waals surface area contributed by atoms with Gasteiger partial charge in [-0.3, -0.25) is 4.79 Å². The largest absolute Gasteiger partial charge is 0.511 e. The van der Waals surface area contributed by atoms with E-state index >= 15 is 0 Å². The summed E-state index contributed by atoms with van der Waals surface area (Å²) in [5.41, 5.74) is 0.606. The summed E-state index contributed by atoms with van der Waals surface area (Å²) in [6, 6.07) is 5.78. The smallest absolute Gasteiger partial charge is 0.169 e. The van der Waals surface area contributed by atoms with Crippen molar-refractivity contribution in [3.63, 3.8) is 0 Å². The molecule has 0 saturated heterocycles. The maximum Gasteiger partial charge on any atom is 0.169 e. The van der Waals surface area contributed by atoms with Crippen molar-refractivity contribution >= 4 is 28.7 Å². The number of carbonyl (C=O) groups is 1. The highest BCUT2D eigenvalue weighted by Gasteiger charge is 2.27. The van der Waals surface area contributed by atoms with E-state index < -0.39 is 5.82 Å². The number of nitrogens with one attached hydrogen (secondary N) is 1. The Morgan fingerprint density at radius 1 is 1.47 bits per heavy atom. The van der Waals surface area contributed by atoms with Crippen LogP contribution in [0.5, 0.6) is 0 Å². The van der Waals surface area contributed by atoms with E-state index in [2.05, 4.69) is 5.32 Å². The fraction of sp³-hybridized carbons (Fsp3) is 0.286. The van der Waals surface area contributed by atoms with E-state index in [-0.39, 0.29) is 28.0 Å². The molecule has 1 aliphatic carbocycles. The molecule has 0 spiro atoms. The molecule has 3 nitrogen and oxygen atoms in total. The van der Waals surface area contributed by atoms with Crippen LogP contribution in [-0.2, 0) is 4.79 Å². The SMILES string of the molecule is CC1CC(=O)C(C(=S)Nc2cccc(F)c2)=C(O)C1. The van der Waals surface area contributed by atoms with Gasteiger partial charge in [-0.25, -0.2) is 4.39 Å². The molecule has 5 heteroatoms. The molecule has 1 aromatic carbocycles. The molecule has 0 radical (unpaired) electrons. The lowest BCUT2D eigenvalue weighted by atomic mass is 9.88. The van der Waals surface area contributed by atoms with E-state index in [0.29, 0.717) is 18.5 Å². The van der Waals surface area contributed by atoms with Gasteiger partial charge >= 0.3 is 0 Å². The van der Waals surface area contributed by atoms with Gasteiger partial charge in [-0.05, 0) is 24.1 Å². The first-order valence-electron chi connectivity index (χ1n) is 5.99. The van der Waals surface area contributed by atoms with Crippen molar-refractivity contribution in [2.45, 2.75) is 19.8 Å². The molecule has 0 amide bonds. The molecule has 19 heavy (non-hydrogen) atoms. The van der Waals surface area contributed by atoms with Crippen LogP contribution < -0.4 is 5.32 Å². The monoisotopic (exact) mass is 279 g/mol. The summed E-state index contributed by atoms with van der Waals surface area (Å²) in [7, 11) is 0. The molecule has 100 valence electrons. The molecular weight excluding hydrogens is 265 g/mol. The molecule has 0 saturated carbocycles. The molecule has 0 heterocycles. The molecule has 2 rings (SSSR count). The second-order valence-corrected chi connectivity index (χ2v) is 5.13. The minimum absolute atomic E-state index is 0.0117. The highest BCUT2D eigenvalue weighted by molar-refractivity contribution is 7.81. The predicted octanol–water partition coefficient (Wildman–Crippen LogP) is 3.38. The molecule has 1 unspecified atom stereocenters. The number of ketones is 1. The van der Waals surface area contributed by atoms with E-state index in [1.54, 1.807) is 12.1 Å². The zero-order chi connectivity index (χ0) is 14.0. The molecule has 0 aliphatic heterocycles. The quantitative estimate of drug-likeness (QED) is 0.815. The van der Waals surface area contributed by atoms with Gasteiger partial charge in [0.15, 0.2) is 5.78 Å². The van der Waals surface area contributed by atoms with Crippen molar-refractivity contribution in [1.29, 1.82) is 0 Å². The number of rotatable bonds is 2. The lowest BCUT2D eigenvalue weighted by Crippen LogP contribution is -2.26. The van der Waals surface area contributed by atoms with Crippen molar-refractivity contribution in [2.24, 2.45) is 5.92 Å². The van der Waals surface area contributed by atoms with Crippen LogP contribution in [0.3, 0.4) is 0 Å². The van der Waals surface area contributed by atoms with Crippen molar-refractivity contribution in [1.82, 2.24) is 0 Å². The third kappa shape index (κ3) is 3.17. The zero-order valence-electron chi connectivity index (χ0n) is 10.4. The van der Waals surface area contributed by atoms with E-state index in [1.165, 1.54) is 12.1 Å². The number of benzene rings is 1. The summed E-state index contributed by atoms with van der Waals surface area (Å²) >= 11 is 5.12.